The van der Waals surface area contributed by atoms with Crippen LogP contribution in [-0.4, -0.2) is 52.2 Å². The van der Waals surface area contributed by atoms with Crippen molar-refractivity contribution in [2.75, 3.05) is 41.2 Å². The second kappa shape index (κ2) is 11.4. The summed E-state index contributed by atoms with van der Waals surface area (Å²) in [4.78, 5) is 15.3. The van der Waals surface area contributed by atoms with Gasteiger partial charge in [-0.25, -0.2) is 4.79 Å². The molecule has 0 aliphatic carbocycles. The molecule has 8 heteroatoms. The second-order valence-corrected chi connectivity index (χ2v) is 7.31. The summed E-state index contributed by atoms with van der Waals surface area (Å²) in [6.45, 7) is 3.19. The fourth-order valence-electron chi connectivity index (χ4n) is 2.96. The van der Waals surface area contributed by atoms with E-state index in [0.717, 1.165) is 21.8 Å². The molecule has 0 radical (unpaired) electrons. The van der Waals surface area contributed by atoms with Crippen molar-refractivity contribution in [2.45, 2.75) is 24.9 Å². The van der Waals surface area contributed by atoms with Gasteiger partial charge in [-0.1, -0.05) is 6.07 Å². The van der Waals surface area contributed by atoms with Crippen molar-refractivity contribution >= 4 is 17.8 Å². The number of methoxy groups -OCH3 is 3. The zero-order valence-corrected chi connectivity index (χ0v) is 19.2. The van der Waals surface area contributed by atoms with E-state index in [1.54, 1.807) is 45.0 Å². The molecule has 164 valence electrons. The SMILES string of the molecule is CCOc1c(OC)cc(CNC(=O)N(C)Cc2ccc(SC)c(OC)c2)cc1OC. The Balaban J connectivity index is 2.04. The first-order valence-corrected chi connectivity index (χ1v) is 10.8. The highest BCUT2D eigenvalue weighted by atomic mass is 32.2. The van der Waals surface area contributed by atoms with E-state index in [1.165, 1.54) is 0 Å². The van der Waals surface area contributed by atoms with Gasteiger partial charge in [0.15, 0.2) is 11.5 Å². The van der Waals surface area contributed by atoms with E-state index in [4.69, 9.17) is 18.9 Å². The summed E-state index contributed by atoms with van der Waals surface area (Å²) >= 11 is 1.62. The number of thioether (sulfide) groups is 1. The van der Waals surface area contributed by atoms with Crippen LogP contribution in [-0.2, 0) is 13.1 Å². The molecule has 2 aromatic carbocycles. The van der Waals surface area contributed by atoms with Gasteiger partial charge in [0.1, 0.15) is 5.75 Å². The van der Waals surface area contributed by atoms with Crippen LogP contribution in [0.15, 0.2) is 35.2 Å². The van der Waals surface area contributed by atoms with E-state index in [1.807, 2.05) is 43.5 Å². The predicted octanol–water partition coefficient (Wildman–Crippen LogP) is 4.17. The molecule has 0 aromatic heterocycles. The van der Waals surface area contributed by atoms with Crippen LogP contribution in [0, 0.1) is 0 Å². The van der Waals surface area contributed by atoms with Gasteiger partial charge in [0.25, 0.3) is 0 Å². The molecule has 0 saturated carbocycles. The van der Waals surface area contributed by atoms with Crippen LogP contribution >= 0.6 is 11.8 Å². The summed E-state index contributed by atoms with van der Waals surface area (Å²) in [6, 6.07) is 9.44. The second-order valence-electron chi connectivity index (χ2n) is 6.47. The third kappa shape index (κ3) is 5.89. The first-order chi connectivity index (χ1) is 14.5. The Hall–Kier alpha value is -2.74. The van der Waals surface area contributed by atoms with Crippen molar-refractivity contribution in [2.24, 2.45) is 0 Å². The van der Waals surface area contributed by atoms with Gasteiger partial charge in [-0.05, 0) is 48.6 Å². The van der Waals surface area contributed by atoms with Crippen molar-refractivity contribution in [1.29, 1.82) is 0 Å². The molecule has 0 aliphatic heterocycles. The lowest BCUT2D eigenvalue weighted by molar-refractivity contribution is 0.206. The molecular weight excluding hydrogens is 404 g/mol. The highest BCUT2D eigenvalue weighted by Crippen LogP contribution is 2.38. The molecule has 0 spiro atoms. The summed E-state index contributed by atoms with van der Waals surface area (Å²) < 4.78 is 21.9. The molecule has 30 heavy (non-hydrogen) atoms. The van der Waals surface area contributed by atoms with Crippen LogP contribution in [0.4, 0.5) is 4.79 Å². The third-order valence-electron chi connectivity index (χ3n) is 4.47. The summed E-state index contributed by atoms with van der Waals surface area (Å²) in [7, 11) is 6.55. The van der Waals surface area contributed by atoms with Crippen LogP contribution in [0.3, 0.4) is 0 Å². The fraction of sp³-hybridized carbons (Fsp3) is 0.409. The third-order valence-corrected chi connectivity index (χ3v) is 5.24. The Kier molecular flexibility index (Phi) is 8.98. The number of ether oxygens (including phenoxy) is 4. The van der Waals surface area contributed by atoms with E-state index in [-0.39, 0.29) is 6.03 Å². The average Bonchev–Trinajstić information content (AvgIpc) is 2.77. The van der Waals surface area contributed by atoms with Gasteiger partial charge < -0.3 is 29.2 Å². The van der Waals surface area contributed by atoms with Gasteiger partial charge in [-0.15, -0.1) is 11.8 Å². The maximum atomic E-state index is 12.6. The molecule has 0 atom stereocenters. The predicted molar refractivity (Wildman–Crippen MR) is 119 cm³/mol. The Labute approximate surface area is 182 Å². The number of nitrogens with one attached hydrogen (secondary N) is 1. The van der Waals surface area contributed by atoms with E-state index < -0.39 is 0 Å². The van der Waals surface area contributed by atoms with Gasteiger partial charge >= 0.3 is 6.03 Å². The van der Waals surface area contributed by atoms with E-state index in [2.05, 4.69) is 5.32 Å². The molecule has 2 aromatic rings. The monoisotopic (exact) mass is 434 g/mol. The molecule has 0 fully saturated rings. The molecule has 0 unspecified atom stereocenters. The lowest BCUT2D eigenvalue weighted by Crippen LogP contribution is -2.36. The van der Waals surface area contributed by atoms with Crippen molar-refractivity contribution in [3.63, 3.8) is 0 Å². The summed E-state index contributed by atoms with van der Waals surface area (Å²) in [6.07, 6.45) is 2.00. The lowest BCUT2D eigenvalue weighted by atomic mass is 10.1. The van der Waals surface area contributed by atoms with Gasteiger partial charge in [0.05, 0.1) is 27.9 Å². The summed E-state index contributed by atoms with van der Waals surface area (Å²) in [5, 5.41) is 2.92. The minimum Gasteiger partial charge on any atom is -0.496 e. The smallest absolute Gasteiger partial charge is 0.317 e. The quantitative estimate of drug-likeness (QED) is 0.566. The minimum absolute atomic E-state index is 0.185. The number of hydrogen-bond donors (Lipinski definition) is 1. The molecule has 2 rings (SSSR count). The Morgan fingerprint density at radius 2 is 1.60 bits per heavy atom. The highest BCUT2D eigenvalue weighted by Gasteiger charge is 2.15. The van der Waals surface area contributed by atoms with Crippen molar-refractivity contribution in [3.8, 4) is 23.0 Å². The average molecular weight is 435 g/mol. The largest absolute Gasteiger partial charge is 0.496 e. The van der Waals surface area contributed by atoms with E-state index in [9.17, 15) is 4.79 Å². The van der Waals surface area contributed by atoms with Gasteiger partial charge in [-0.3, -0.25) is 0 Å². The molecule has 1 N–H and O–H groups in total. The summed E-state index contributed by atoms with van der Waals surface area (Å²) in [5.74, 6) is 2.49. The fourth-order valence-corrected chi connectivity index (χ4v) is 3.51. The number of urea groups is 1. The van der Waals surface area contributed by atoms with E-state index in [0.29, 0.717) is 36.9 Å². The van der Waals surface area contributed by atoms with Gasteiger partial charge in [-0.2, -0.15) is 0 Å². The first kappa shape index (κ1) is 23.5. The topological polar surface area (TPSA) is 69.3 Å². The molecule has 0 bridgehead atoms. The standard InChI is InChI=1S/C22H30N2O5S/c1-7-29-21-18(27-4)11-16(12-19(21)28-5)13-23-22(25)24(2)14-15-8-9-20(30-6)17(10-15)26-3/h8-12H,7,13-14H2,1-6H3,(H,23,25). The van der Waals surface area contributed by atoms with Crippen molar-refractivity contribution in [1.82, 2.24) is 10.2 Å². The molecule has 0 heterocycles. The molecule has 0 saturated heterocycles. The molecule has 2 amide bonds. The highest BCUT2D eigenvalue weighted by molar-refractivity contribution is 7.98. The van der Waals surface area contributed by atoms with E-state index >= 15 is 0 Å². The van der Waals surface area contributed by atoms with Gasteiger partial charge in [0, 0.05) is 25.0 Å². The van der Waals surface area contributed by atoms with Crippen LogP contribution in [0.2, 0.25) is 0 Å². The number of nitrogens with zero attached hydrogens (tertiary/aromatic N) is 1. The Morgan fingerprint density at radius 1 is 1.00 bits per heavy atom. The van der Waals surface area contributed by atoms with Crippen molar-refractivity contribution in [3.05, 3.63) is 41.5 Å². The lowest BCUT2D eigenvalue weighted by Gasteiger charge is -2.20. The number of amides is 2. The summed E-state index contributed by atoms with van der Waals surface area (Å²) in [5.41, 5.74) is 1.84. The zero-order chi connectivity index (χ0) is 22.1. The van der Waals surface area contributed by atoms with Crippen molar-refractivity contribution < 1.29 is 23.7 Å². The normalized spacial score (nSPS) is 10.3. The number of rotatable bonds is 10. The first-order valence-electron chi connectivity index (χ1n) is 9.54. The van der Waals surface area contributed by atoms with Crippen LogP contribution in [0.5, 0.6) is 23.0 Å². The molecule has 7 nitrogen and oxygen atoms in total. The zero-order valence-electron chi connectivity index (χ0n) is 18.4. The number of benzene rings is 2. The number of carbonyl (C=O) groups is 1. The number of carbonyl (C=O) groups excluding carboxylic acids is 1. The molecule has 0 aliphatic rings. The maximum Gasteiger partial charge on any atom is 0.317 e. The van der Waals surface area contributed by atoms with Gasteiger partial charge in [0.2, 0.25) is 5.75 Å². The number of hydrogen-bond acceptors (Lipinski definition) is 6. The Bertz CT molecular complexity index is 834. The van der Waals surface area contributed by atoms with Crippen LogP contribution < -0.4 is 24.3 Å². The van der Waals surface area contributed by atoms with Crippen LogP contribution in [0.1, 0.15) is 18.1 Å². The Morgan fingerprint density at radius 3 is 2.13 bits per heavy atom. The van der Waals surface area contributed by atoms with Crippen LogP contribution in [0.25, 0.3) is 0 Å². The minimum atomic E-state index is -0.185. The maximum absolute atomic E-state index is 12.6. The molecular formula is C22H30N2O5S.